The third-order valence-corrected chi connectivity index (χ3v) is 2.89. The van der Waals surface area contributed by atoms with E-state index in [1.807, 2.05) is 30.3 Å². The third kappa shape index (κ3) is 4.80. The first-order valence-corrected chi connectivity index (χ1v) is 6.55. The summed E-state index contributed by atoms with van der Waals surface area (Å²) in [6, 6.07) is 15.0. The van der Waals surface area contributed by atoms with Crippen LogP contribution in [0.15, 0.2) is 54.6 Å². The van der Waals surface area contributed by atoms with Gasteiger partial charge in [-0.05, 0) is 36.4 Å². The Morgan fingerprint density at radius 1 is 1.10 bits per heavy atom. The van der Waals surface area contributed by atoms with Crippen molar-refractivity contribution in [3.05, 3.63) is 60.4 Å². The van der Waals surface area contributed by atoms with Crippen molar-refractivity contribution in [1.29, 1.82) is 0 Å². The predicted octanol–water partition coefficient (Wildman–Crippen LogP) is 2.80. The van der Waals surface area contributed by atoms with Crippen LogP contribution < -0.4 is 9.64 Å². The van der Waals surface area contributed by atoms with Gasteiger partial charge in [0.2, 0.25) is 0 Å². The molecule has 0 unspecified atom stereocenters. The van der Waals surface area contributed by atoms with Crippen molar-refractivity contribution in [3.8, 4) is 5.75 Å². The second kappa shape index (κ2) is 7.28. The van der Waals surface area contributed by atoms with Gasteiger partial charge in [0, 0.05) is 5.69 Å². The first-order chi connectivity index (χ1) is 10.1. The highest BCUT2D eigenvalue weighted by molar-refractivity contribution is 5.73. The maximum atomic E-state index is 12.8. The molecule has 0 radical (unpaired) electrons. The summed E-state index contributed by atoms with van der Waals surface area (Å²) >= 11 is 0. The lowest BCUT2D eigenvalue weighted by Gasteiger charge is -2.22. The van der Waals surface area contributed by atoms with Crippen molar-refractivity contribution in [3.63, 3.8) is 0 Å². The summed E-state index contributed by atoms with van der Waals surface area (Å²) in [5.41, 5.74) is 0.822. The topological polar surface area (TPSA) is 49.8 Å². The summed E-state index contributed by atoms with van der Waals surface area (Å²) in [7, 11) is 0. The van der Waals surface area contributed by atoms with E-state index in [1.54, 1.807) is 17.0 Å². The number of carbonyl (C=O) groups is 1. The monoisotopic (exact) mass is 289 g/mol. The van der Waals surface area contributed by atoms with E-state index in [4.69, 9.17) is 9.84 Å². The highest BCUT2D eigenvalue weighted by Gasteiger charge is 2.10. The van der Waals surface area contributed by atoms with E-state index in [0.29, 0.717) is 18.9 Å². The molecule has 21 heavy (non-hydrogen) atoms. The Balaban J connectivity index is 1.93. The number of ether oxygens (including phenoxy) is 1. The van der Waals surface area contributed by atoms with Gasteiger partial charge in [-0.25, -0.2) is 4.39 Å². The number of hydrogen-bond donors (Lipinski definition) is 1. The number of hydrogen-bond acceptors (Lipinski definition) is 3. The maximum absolute atomic E-state index is 12.8. The van der Waals surface area contributed by atoms with Crippen LogP contribution in [-0.4, -0.2) is 30.8 Å². The fourth-order valence-corrected chi connectivity index (χ4v) is 1.91. The average Bonchev–Trinajstić information content (AvgIpc) is 2.49. The van der Waals surface area contributed by atoms with Gasteiger partial charge in [0.1, 0.15) is 24.7 Å². The molecule has 0 heterocycles. The number of halogens is 1. The molecule has 0 amide bonds. The van der Waals surface area contributed by atoms with Crippen molar-refractivity contribution in [1.82, 2.24) is 0 Å². The minimum absolute atomic E-state index is 0.100. The van der Waals surface area contributed by atoms with Crippen LogP contribution in [0.5, 0.6) is 5.75 Å². The highest BCUT2D eigenvalue weighted by Crippen LogP contribution is 2.14. The molecule has 0 spiro atoms. The minimum Gasteiger partial charge on any atom is -0.492 e. The zero-order chi connectivity index (χ0) is 15.1. The first-order valence-electron chi connectivity index (χ1n) is 6.55. The van der Waals surface area contributed by atoms with Crippen LogP contribution >= 0.6 is 0 Å². The number of benzene rings is 2. The van der Waals surface area contributed by atoms with Gasteiger partial charge in [0.05, 0.1) is 6.54 Å². The largest absolute Gasteiger partial charge is 0.492 e. The number of rotatable bonds is 7. The quantitative estimate of drug-likeness (QED) is 0.851. The Labute approximate surface area is 122 Å². The first kappa shape index (κ1) is 14.8. The van der Waals surface area contributed by atoms with E-state index in [1.165, 1.54) is 12.1 Å². The van der Waals surface area contributed by atoms with Gasteiger partial charge in [-0.1, -0.05) is 18.2 Å². The number of carboxylic acids is 1. The molecule has 0 saturated heterocycles. The van der Waals surface area contributed by atoms with Gasteiger partial charge < -0.3 is 14.7 Å². The molecule has 0 bridgehead atoms. The molecule has 2 aromatic carbocycles. The van der Waals surface area contributed by atoms with Gasteiger partial charge in [-0.2, -0.15) is 0 Å². The average molecular weight is 289 g/mol. The van der Waals surface area contributed by atoms with Crippen LogP contribution in [-0.2, 0) is 4.79 Å². The molecule has 0 fully saturated rings. The van der Waals surface area contributed by atoms with Crippen molar-refractivity contribution < 1.29 is 19.0 Å². The molecular weight excluding hydrogens is 273 g/mol. The van der Waals surface area contributed by atoms with Gasteiger partial charge in [-0.15, -0.1) is 0 Å². The summed E-state index contributed by atoms with van der Waals surface area (Å²) in [5, 5.41) is 8.97. The fourth-order valence-electron chi connectivity index (χ4n) is 1.91. The van der Waals surface area contributed by atoms with Crippen molar-refractivity contribution in [2.75, 3.05) is 24.6 Å². The lowest BCUT2D eigenvalue weighted by molar-refractivity contribution is -0.135. The number of para-hydroxylation sites is 1. The van der Waals surface area contributed by atoms with Crippen molar-refractivity contribution >= 4 is 11.7 Å². The van der Waals surface area contributed by atoms with Crippen LogP contribution in [0.4, 0.5) is 10.1 Å². The molecule has 0 aromatic heterocycles. The fraction of sp³-hybridized carbons (Fsp3) is 0.188. The third-order valence-electron chi connectivity index (χ3n) is 2.89. The summed E-state index contributed by atoms with van der Waals surface area (Å²) in [6.07, 6.45) is 0. The molecule has 0 aliphatic rings. The van der Waals surface area contributed by atoms with E-state index < -0.39 is 5.97 Å². The smallest absolute Gasteiger partial charge is 0.323 e. The predicted molar refractivity (Wildman–Crippen MR) is 78.2 cm³/mol. The summed E-state index contributed by atoms with van der Waals surface area (Å²) in [4.78, 5) is 12.6. The second-order valence-electron chi connectivity index (χ2n) is 4.45. The number of aliphatic carboxylic acids is 1. The molecular formula is C16H16FNO3. The summed E-state index contributed by atoms with van der Waals surface area (Å²) in [5.74, 6) is -0.667. The van der Waals surface area contributed by atoms with E-state index in [0.717, 1.165) is 5.69 Å². The molecule has 0 saturated carbocycles. The van der Waals surface area contributed by atoms with Gasteiger partial charge >= 0.3 is 5.97 Å². The standard InChI is InChI=1S/C16H16FNO3/c17-13-6-8-15(9-7-13)21-11-10-18(12-16(19)20)14-4-2-1-3-5-14/h1-9H,10-12H2,(H,19,20). The molecule has 5 heteroatoms. The van der Waals surface area contributed by atoms with Crippen LogP contribution in [0.1, 0.15) is 0 Å². The van der Waals surface area contributed by atoms with Crippen molar-refractivity contribution in [2.45, 2.75) is 0 Å². The molecule has 0 atom stereocenters. The van der Waals surface area contributed by atoms with Crippen LogP contribution in [0.25, 0.3) is 0 Å². The number of anilines is 1. The summed E-state index contributed by atoms with van der Waals surface area (Å²) < 4.78 is 18.3. The molecule has 0 aliphatic heterocycles. The molecule has 2 aromatic rings. The zero-order valence-corrected chi connectivity index (χ0v) is 11.4. The Bertz CT molecular complexity index is 572. The van der Waals surface area contributed by atoms with E-state index in [9.17, 15) is 9.18 Å². The highest BCUT2D eigenvalue weighted by atomic mass is 19.1. The Morgan fingerprint density at radius 3 is 2.38 bits per heavy atom. The van der Waals surface area contributed by atoms with Crippen LogP contribution in [0.2, 0.25) is 0 Å². The van der Waals surface area contributed by atoms with E-state index >= 15 is 0 Å². The number of nitrogens with zero attached hydrogens (tertiary/aromatic N) is 1. The van der Waals surface area contributed by atoms with Crippen LogP contribution in [0, 0.1) is 5.82 Å². The van der Waals surface area contributed by atoms with Crippen LogP contribution in [0.3, 0.4) is 0 Å². The SMILES string of the molecule is O=C(O)CN(CCOc1ccc(F)cc1)c1ccccc1. The zero-order valence-electron chi connectivity index (χ0n) is 11.4. The molecule has 2 rings (SSSR count). The van der Waals surface area contributed by atoms with E-state index in [-0.39, 0.29) is 12.4 Å². The van der Waals surface area contributed by atoms with Crippen molar-refractivity contribution in [2.24, 2.45) is 0 Å². The Hall–Kier alpha value is -2.56. The second-order valence-corrected chi connectivity index (χ2v) is 4.45. The Kier molecular flexibility index (Phi) is 5.15. The lowest BCUT2D eigenvalue weighted by Crippen LogP contribution is -2.33. The molecule has 1 N–H and O–H groups in total. The maximum Gasteiger partial charge on any atom is 0.323 e. The minimum atomic E-state index is -0.902. The molecule has 0 aliphatic carbocycles. The summed E-state index contributed by atoms with van der Waals surface area (Å²) in [6.45, 7) is 0.637. The van der Waals surface area contributed by atoms with Gasteiger partial charge in [0.25, 0.3) is 0 Å². The normalized spacial score (nSPS) is 10.1. The molecule has 110 valence electrons. The Morgan fingerprint density at radius 2 is 1.76 bits per heavy atom. The number of carboxylic acid groups (broad SMARTS) is 1. The lowest BCUT2D eigenvalue weighted by atomic mass is 10.3. The van der Waals surface area contributed by atoms with E-state index in [2.05, 4.69) is 0 Å². The van der Waals surface area contributed by atoms with Gasteiger partial charge in [-0.3, -0.25) is 4.79 Å². The molecule has 4 nitrogen and oxygen atoms in total. The van der Waals surface area contributed by atoms with Gasteiger partial charge in [0.15, 0.2) is 0 Å².